The summed E-state index contributed by atoms with van der Waals surface area (Å²) in [6.45, 7) is 1.11. The number of carbonyl (C=O) groups is 1. The zero-order valence-corrected chi connectivity index (χ0v) is 12.8. The Kier molecular flexibility index (Phi) is 4.12. The molecule has 3 nitrogen and oxygen atoms in total. The minimum Gasteiger partial charge on any atom is -0.396 e. The van der Waals surface area contributed by atoms with E-state index in [1.165, 1.54) is 6.07 Å². The Labute approximate surface area is 133 Å². The van der Waals surface area contributed by atoms with Crippen molar-refractivity contribution in [3.05, 3.63) is 35.4 Å². The third kappa shape index (κ3) is 2.84. The van der Waals surface area contributed by atoms with Crippen molar-refractivity contribution in [1.82, 2.24) is 4.90 Å². The van der Waals surface area contributed by atoms with Gasteiger partial charge in [0, 0.05) is 25.6 Å². The normalized spacial score (nSPS) is 23.7. The van der Waals surface area contributed by atoms with Crippen LogP contribution in [0.5, 0.6) is 0 Å². The van der Waals surface area contributed by atoms with Crippen LogP contribution in [0.1, 0.15) is 36.8 Å². The van der Waals surface area contributed by atoms with E-state index in [1.54, 1.807) is 11.0 Å². The van der Waals surface area contributed by atoms with Gasteiger partial charge in [-0.2, -0.15) is 13.2 Å². The average molecular weight is 327 g/mol. The fraction of sp³-hybridized carbons (Fsp3) is 0.588. The second-order valence-corrected chi connectivity index (χ2v) is 6.60. The molecule has 1 N–H and O–H groups in total. The van der Waals surface area contributed by atoms with Crippen molar-refractivity contribution >= 4 is 5.91 Å². The maximum atomic E-state index is 13.0. The Hall–Kier alpha value is -1.56. The lowest BCUT2D eigenvalue weighted by molar-refractivity contribution is -0.141. The Bertz CT molecular complexity index is 596. The molecule has 2 aliphatic rings. The largest absolute Gasteiger partial charge is 0.416 e. The second-order valence-electron chi connectivity index (χ2n) is 6.60. The highest BCUT2D eigenvalue weighted by molar-refractivity contribution is 5.89. The van der Waals surface area contributed by atoms with Gasteiger partial charge in [0.1, 0.15) is 0 Å². The first kappa shape index (κ1) is 16.3. The number of likely N-dealkylation sites (tertiary alicyclic amines) is 1. The summed E-state index contributed by atoms with van der Waals surface area (Å²) in [6, 6.07) is 5.17. The molecule has 3 rings (SSSR count). The average Bonchev–Trinajstić information content (AvgIpc) is 2.94. The number of benzene rings is 1. The van der Waals surface area contributed by atoms with E-state index >= 15 is 0 Å². The van der Waals surface area contributed by atoms with E-state index in [2.05, 4.69) is 0 Å². The van der Waals surface area contributed by atoms with Gasteiger partial charge in [-0.3, -0.25) is 4.79 Å². The number of halogens is 3. The Balaban J connectivity index is 1.88. The quantitative estimate of drug-likeness (QED) is 0.927. The van der Waals surface area contributed by atoms with Crippen LogP contribution in [0, 0.1) is 5.92 Å². The van der Waals surface area contributed by atoms with Gasteiger partial charge in [-0.15, -0.1) is 0 Å². The third-order valence-electron chi connectivity index (χ3n) is 5.19. The molecule has 1 saturated heterocycles. The van der Waals surface area contributed by atoms with Gasteiger partial charge in [-0.05, 0) is 30.9 Å². The maximum Gasteiger partial charge on any atom is 0.416 e. The highest BCUT2D eigenvalue weighted by atomic mass is 19.4. The number of aliphatic hydroxyl groups is 1. The molecule has 1 unspecified atom stereocenters. The predicted octanol–water partition coefficient (Wildman–Crippen LogP) is 2.97. The molecule has 0 spiro atoms. The van der Waals surface area contributed by atoms with Crippen LogP contribution in [0.15, 0.2) is 24.3 Å². The number of amides is 1. The molecule has 126 valence electrons. The molecule has 0 bridgehead atoms. The van der Waals surface area contributed by atoms with E-state index in [1.807, 2.05) is 0 Å². The summed E-state index contributed by atoms with van der Waals surface area (Å²) in [5, 5.41) is 9.22. The third-order valence-corrected chi connectivity index (χ3v) is 5.19. The lowest BCUT2D eigenvalue weighted by atomic mass is 9.63. The highest BCUT2D eigenvalue weighted by Crippen LogP contribution is 2.47. The molecule has 6 heteroatoms. The van der Waals surface area contributed by atoms with Crippen LogP contribution in [-0.4, -0.2) is 35.6 Å². The summed E-state index contributed by atoms with van der Waals surface area (Å²) in [5.41, 5.74) is -1.05. The van der Waals surface area contributed by atoms with Crippen LogP contribution >= 0.6 is 0 Å². The lowest BCUT2D eigenvalue weighted by Gasteiger charge is -2.43. The van der Waals surface area contributed by atoms with Crippen LogP contribution in [0.3, 0.4) is 0 Å². The van der Waals surface area contributed by atoms with E-state index in [4.69, 9.17) is 0 Å². The van der Waals surface area contributed by atoms with Gasteiger partial charge < -0.3 is 10.0 Å². The maximum absolute atomic E-state index is 13.0. The molecule has 0 radical (unpaired) electrons. The smallest absolute Gasteiger partial charge is 0.396 e. The van der Waals surface area contributed by atoms with Gasteiger partial charge >= 0.3 is 6.18 Å². The molecular formula is C17H20F3NO2. The molecule has 1 aromatic carbocycles. The summed E-state index contributed by atoms with van der Waals surface area (Å²) >= 11 is 0. The standard InChI is InChI=1S/C17H20F3NO2/c18-17(19,20)14-4-1-3-13(9-14)16(6-2-7-16)15(23)21-8-5-12(10-21)11-22/h1,3-4,9,12,22H,2,5-8,10-11H2. The number of carbonyl (C=O) groups excluding carboxylic acids is 1. The number of alkyl halides is 3. The molecule has 0 aromatic heterocycles. The number of aliphatic hydroxyl groups excluding tert-OH is 1. The molecule has 2 fully saturated rings. The summed E-state index contributed by atoms with van der Waals surface area (Å²) < 4.78 is 38.9. The first-order valence-electron chi connectivity index (χ1n) is 7.95. The Morgan fingerprint density at radius 1 is 1.35 bits per heavy atom. The van der Waals surface area contributed by atoms with Crippen molar-refractivity contribution < 1.29 is 23.1 Å². The van der Waals surface area contributed by atoms with Gasteiger partial charge in [0.05, 0.1) is 11.0 Å². The van der Waals surface area contributed by atoms with Crippen molar-refractivity contribution in [2.75, 3.05) is 19.7 Å². The van der Waals surface area contributed by atoms with Crippen molar-refractivity contribution in [1.29, 1.82) is 0 Å². The van der Waals surface area contributed by atoms with Crippen molar-refractivity contribution in [2.45, 2.75) is 37.3 Å². The number of hydrogen-bond donors (Lipinski definition) is 1. The zero-order chi connectivity index (χ0) is 16.7. The molecule has 1 aliphatic carbocycles. The highest BCUT2D eigenvalue weighted by Gasteiger charge is 2.49. The van der Waals surface area contributed by atoms with E-state index in [0.717, 1.165) is 25.0 Å². The number of rotatable bonds is 3. The molecule has 1 amide bonds. The minimum atomic E-state index is -4.40. The summed E-state index contributed by atoms with van der Waals surface area (Å²) in [6.07, 6.45) is -1.62. The first-order valence-corrected chi connectivity index (χ1v) is 7.95. The molecule has 23 heavy (non-hydrogen) atoms. The van der Waals surface area contributed by atoms with Crippen LogP contribution in [0.2, 0.25) is 0 Å². The van der Waals surface area contributed by atoms with E-state index in [9.17, 15) is 23.1 Å². The molecule has 1 aromatic rings. The van der Waals surface area contributed by atoms with Crippen molar-refractivity contribution in [2.24, 2.45) is 5.92 Å². The number of hydrogen-bond acceptors (Lipinski definition) is 2. The van der Waals surface area contributed by atoms with Gasteiger partial charge in [0.15, 0.2) is 0 Å². The first-order chi connectivity index (χ1) is 10.9. The van der Waals surface area contributed by atoms with E-state index in [0.29, 0.717) is 31.5 Å². The van der Waals surface area contributed by atoms with Crippen LogP contribution in [0.25, 0.3) is 0 Å². The van der Waals surface area contributed by atoms with Gasteiger partial charge in [-0.1, -0.05) is 24.6 Å². The lowest BCUT2D eigenvalue weighted by Crippen LogP contribution is -2.50. The van der Waals surface area contributed by atoms with Crippen molar-refractivity contribution in [3.63, 3.8) is 0 Å². The predicted molar refractivity (Wildman–Crippen MR) is 78.7 cm³/mol. The fourth-order valence-electron chi connectivity index (χ4n) is 3.62. The van der Waals surface area contributed by atoms with E-state index in [-0.39, 0.29) is 18.4 Å². The monoisotopic (exact) mass is 327 g/mol. The SMILES string of the molecule is O=C(N1CCC(CO)C1)C1(c2cccc(C(F)(F)F)c2)CCC1. The zero-order valence-electron chi connectivity index (χ0n) is 12.8. The summed E-state index contributed by atoms with van der Waals surface area (Å²) in [4.78, 5) is 14.6. The molecule has 1 heterocycles. The summed E-state index contributed by atoms with van der Waals surface area (Å²) in [5.74, 6) is -0.00314. The summed E-state index contributed by atoms with van der Waals surface area (Å²) in [7, 11) is 0. The van der Waals surface area contributed by atoms with Crippen LogP contribution in [0.4, 0.5) is 13.2 Å². The van der Waals surface area contributed by atoms with Gasteiger partial charge in [0.25, 0.3) is 0 Å². The Morgan fingerprint density at radius 3 is 2.61 bits per heavy atom. The minimum absolute atomic E-state index is 0.0420. The van der Waals surface area contributed by atoms with Crippen molar-refractivity contribution in [3.8, 4) is 0 Å². The van der Waals surface area contributed by atoms with Crippen LogP contribution in [-0.2, 0) is 16.4 Å². The molecular weight excluding hydrogens is 307 g/mol. The fourth-order valence-corrected chi connectivity index (χ4v) is 3.62. The van der Waals surface area contributed by atoms with Crippen LogP contribution < -0.4 is 0 Å². The Morgan fingerprint density at radius 2 is 2.09 bits per heavy atom. The molecule has 1 atom stereocenters. The van der Waals surface area contributed by atoms with Gasteiger partial charge in [-0.25, -0.2) is 0 Å². The second kappa shape index (κ2) is 5.82. The molecule has 1 saturated carbocycles. The number of nitrogens with zero attached hydrogens (tertiary/aromatic N) is 1. The topological polar surface area (TPSA) is 40.5 Å². The van der Waals surface area contributed by atoms with Gasteiger partial charge in [0.2, 0.25) is 5.91 Å². The molecule has 1 aliphatic heterocycles. The van der Waals surface area contributed by atoms with E-state index < -0.39 is 17.2 Å².